The molecule has 1 aliphatic rings. The van der Waals surface area contributed by atoms with Crippen molar-refractivity contribution in [2.24, 2.45) is 0 Å². The number of aromatic amines is 1. The molecule has 1 N–H and O–H groups in total. The van der Waals surface area contributed by atoms with Crippen molar-refractivity contribution in [3.63, 3.8) is 0 Å². The number of H-pyrrole nitrogens is 1. The number of anilines is 1. The molecule has 0 aromatic carbocycles. The molecule has 0 amide bonds. The van der Waals surface area contributed by atoms with Gasteiger partial charge in [-0.25, -0.2) is 19.9 Å². The molecule has 1 unspecified atom stereocenters. The molecule has 3 aromatic heterocycles. The van der Waals surface area contributed by atoms with Gasteiger partial charge >= 0.3 is 6.18 Å². The topological polar surface area (TPSA) is 79.8 Å². The highest BCUT2D eigenvalue weighted by molar-refractivity contribution is 7.09. The molecule has 4 heterocycles. The highest BCUT2D eigenvalue weighted by atomic mass is 32.1. The molecule has 3 aromatic rings. The van der Waals surface area contributed by atoms with Gasteiger partial charge in [-0.1, -0.05) is 0 Å². The molecule has 25 heavy (non-hydrogen) atoms. The van der Waals surface area contributed by atoms with Crippen molar-refractivity contribution in [1.29, 1.82) is 0 Å². The number of aryl methyl sites for hydroxylation is 1. The van der Waals surface area contributed by atoms with Crippen molar-refractivity contribution >= 4 is 28.3 Å². The van der Waals surface area contributed by atoms with Crippen LogP contribution in [0, 0.1) is 6.92 Å². The molecule has 132 valence electrons. The number of fused-ring (bicyclic) bond motifs is 1. The first-order chi connectivity index (χ1) is 11.9. The molecule has 0 spiro atoms. The number of morpholine rings is 1. The van der Waals surface area contributed by atoms with Crippen LogP contribution in [0.1, 0.15) is 22.6 Å². The number of rotatable bonds is 2. The highest BCUT2D eigenvalue weighted by Crippen LogP contribution is 2.33. The number of ether oxygens (including phenoxy) is 1. The van der Waals surface area contributed by atoms with Crippen LogP contribution in [0.25, 0.3) is 11.2 Å². The van der Waals surface area contributed by atoms with Gasteiger partial charge in [-0.2, -0.15) is 13.2 Å². The summed E-state index contributed by atoms with van der Waals surface area (Å²) in [7, 11) is 0. The van der Waals surface area contributed by atoms with Crippen LogP contribution in [0.3, 0.4) is 0 Å². The summed E-state index contributed by atoms with van der Waals surface area (Å²) in [6, 6.07) is 0. The number of nitrogens with zero attached hydrogens (tertiary/aromatic N) is 5. The van der Waals surface area contributed by atoms with Crippen molar-refractivity contribution in [3.8, 4) is 0 Å². The summed E-state index contributed by atoms with van der Waals surface area (Å²) in [5, 5.41) is 2.71. The summed E-state index contributed by atoms with van der Waals surface area (Å²) in [5.41, 5.74) is 1.26. The van der Waals surface area contributed by atoms with Gasteiger partial charge in [-0.15, -0.1) is 11.3 Å². The van der Waals surface area contributed by atoms with Crippen molar-refractivity contribution in [1.82, 2.24) is 24.9 Å². The largest absolute Gasteiger partial charge is 0.451 e. The van der Waals surface area contributed by atoms with Crippen LogP contribution in [-0.2, 0) is 10.9 Å². The molecule has 1 atom stereocenters. The summed E-state index contributed by atoms with van der Waals surface area (Å²) in [4.78, 5) is 20.1. The standard InChI is InChI=1S/C14H13F3N6OS/c1-7-5-25-12(20-7)8-4-23(2-3-24-8)11-9-10(19-6-18-9)21-13(22-11)14(15,16)17/h5-6,8H,2-4H2,1H3,(H,18,19,21,22). The third kappa shape index (κ3) is 3.04. The molecule has 7 nitrogen and oxygen atoms in total. The number of nitrogens with one attached hydrogen (secondary N) is 1. The molecule has 0 aliphatic carbocycles. The zero-order chi connectivity index (χ0) is 17.6. The lowest BCUT2D eigenvalue weighted by molar-refractivity contribution is -0.144. The molecule has 1 fully saturated rings. The predicted octanol–water partition coefficient (Wildman–Crippen LogP) is 2.71. The van der Waals surface area contributed by atoms with Gasteiger partial charge in [0.05, 0.1) is 19.5 Å². The Kier molecular flexibility index (Phi) is 3.84. The van der Waals surface area contributed by atoms with Gasteiger partial charge in [0.25, 0.3) is 0 Å². The van der Waals surface area contributed by atoms with E-state index < -0.39 is 12.0 Å². The third-order valence-corrected chi connectivity index (χ3v) is 4.85. The Morgan fingerprint density at radius 3 is 2.88 bits per heavy atom. The summed E-state index contributed by atoms with van der Waals surface area (Å²) in [6.07, 6.45) is -3.64. The summed E-state index contributed by atoms with van der Waals surface area (Å²) >= 11 is 1.47. The second-order valence-electron chi connectivity index (χ2n) is 5.60. The van der Waals surface area contributed by atoms with E-state index in [-0.39, 0.29) is 17.6 Å². The van der Waals surface area contributed by atoms with E-state index in [9.17, 15) is 13.2 Å². The molecule has 1 saturated heterocycles. The average molecular weight is 370 g/mol. The number of hydrogen-bond acceptors (Lipinski definition) is 7. The maximum atomic E-state index is 13.1. The van der Waals surface area contributed by atoms with E-state index in [1.807, 2.05) is 12.3 Å². The number of halogens is 3. The summed E-state index contributed by atoms with van der Waals surface area (Å²) in [5.74, 6) is -1.02. The van der Waals surface area contributed by atoms with Gasteiger partial charge in [0.15, 0.2) is 11.5 Å². The van der Waals surface area contributed by atoms with Crippen molar-refractivity contribution < 1.29 is 17.9 Å². The Bertz CT molecular complexity index is 907. The van der Waals surface area contributed by atoms with Crippen LogP contribution in [0.5, 0.6) is 0 Å². The third-order valence-electron chi connectivity index (χ3n) is 3.80. The molecule has 0 radical (unpaired) electrons. The Morgan fingerprint density at radius 1 is 1.32 bits per heavy atom. The Hall–Kier alpha value is -2.27. The van der Waals surface area contributed by atoms with E-state index in [1.54, 1.807) is 4.90 Å². The van der Waals surface area contributed by atoms with Crippen LogP contribution >= 0.6 is 11.3 Å². The maximum absolute atomic E-state index is 13.1. The van der Waals surface area contributed by atoms with E-state index in [0.29, 0.717) is 25.2 Å². The Morgan fingerprint density at radius 2 is 2.16 bits per heavy atom. The Labute approximate surface area is 143 Å². The number of aromatic nitrogens is 5. The molecule has 0 bridgehead atoms. The molecule has 11 heteroatoms. The fraction of sp³-hybridized carbons (Fsp3) is 0.429. The van der Waals surface area contributed by atoms with Gasteiger partial charge < -0.3 is 14.6 Å². The molecule has 0 saturated carbocycles. The monoisotopic (exact) mass is 370 g/mol. The first-order valence-corrected chi connectivity index (χ1v) is 8.36. The minimum absolute atomic E-state index is 0.00883. The molecule has 4 rings (SSSR count). The van der Waals surface area contributed by atoms with Crippen molar-refractivity contribution in [2.75, 3.05) is 24.6 Å². The van der Waals surface area contributed by atoms with Gasteiger partial charge in [0.2, 0.25) is 5.82 Å². The lowest BCUT2D eigenvalue weighted by Crippen LogP contribution is -2.39. The summed E-state index contributed by atoms with van der Waals surface area (Å²) in [6.45, 7) is 3.03. The lowest BCUT2D eigenvalue weighted by atomic mass is 10.2. The van der Waals surface area contributed by atoms with Crippen molar-refractivity contribution in [3.05, 3.63) is 28.2 Å². The smallest absolute Gasteiger partial charge is 0.367 e. The van der Waals surface area contributed by atoms with Crippen LogP contribution in [0.4, 0.5) is 19.0 Å². The van der Waals surface area contributed by atoms with Crippen LogP contribution in [0.15, 0.2) is 11.7 Å². The van der Waals surface area contributed by atoms with Crippen LogP contribution in [0.2, 0.25) is 0 Å². The highest BCUT2D eigenvalue weighted by Gasteiger charge is 2.37. The number of hydrogen-bond donors (Lipinski definition) is 1. The van der Waals surface area contributed by atoms with E-state index in [4.69, 9.17) is 4.74 Å². The first kappa shape index (κ1) is 16.2. The number of thiazole rings is 1. The minimum atomic E-state index is -4.64. The summed E-state index contributed by atoms with van der Waals surface area (Å²) < 4.78 is 45.0. The maximum Gasteiger partial charge on any atom is 0.451 e. The van der Waals surface area contributed by atoms with Gasteiger partial charge in [-0.3, -0.25) is 0 Å². The number of imidazole rings is 1. The van der Waals surface area contributed by atoms with Crippen molar-refractivity contribution in [2.45, 2.75) is 19.2 Å². The first-order valence-electron chi connectivity index (χ1n) is 7.48. The van der Waals surface area contributed by atoms with E-state index in [1.165, 1.54) is 17.7 Å². The van der Waals surface area contributed by atoms with Crippen LogP contribution < -0.4 is 4.90 Å². The zero-order valence-corrected chi connectivity index (χ0v) is 13.9. The van der Waals surface area contributed by atoms with Gasteiger partial charge in [0, 0.05) is 17.6 Å². The van der Waals surface area contributed by atoms with E-state index in [0.717, 1.165) is 10.7 Å². The lowest BCUT2D eigenvalue weighted by Gasteiger charge is -2.33. The van der Waals surface area contributed by atoms with E-state index >= 15 is 0 Å². The van der Waals surface area contributed by atoms with Gasteiger partial charge in [0.1, 0.15) is 16.6 Å². The quantitative estimate of drug-likeness (QED) is 0.747. The minimum Gasteiger partial charge on any atom is -0.367 e. The van der Waals surface area contributed by atoms with E-state index in [2.05, 4.69) is 24.9 Å². The number of alkyl halides is 3. The SMILES string of the molecule is Cc1csc(C2CN(c3nc(C(F)(F)F)nc4nc[nH]c34)CCO2)n1. The second-order valence-corrected chi connectivity index (χ2v) is 6.49. The molecular weight excluding hydrogens is 357 g/mol. The molecule has 1 aliphatic heterocycles. The van der Waals surface area contributed by atoms with Gasteiger partial charge in [-0.05, 0) is 6.92 Å². The molecular formula is C14H13F3N6OS. The zero-order valence-electron chi connectivity index (χ0n) is 13.0. The fourth-order valence-electron chi connectivity index (χ4n) is 2.68. The average Bonchev–Trinajstić information content (AvgIpc) is 3.21. The fourth-order valence-corrected chi connectivity index (χ4v) is 3.52. The predicted molar refractivity (Wildman–Crippen MR) is 84.4 cm³/mol. The normalized spacial score (nSPS) is 18.9. The Balaban J connectivity index is 1.72. The second kappa shape index (κ2) is 5.92. The van der Waals surface area contributed by atoms with Crippen LogP contribution in [-0.4, -0.2) is 44.6 Å².